The third-order valence-electron chi connectivity index (χ3n) is 3.22. The van der Waals surface area contributed by atoms with Crippen LogP contribution in [-0.2, 0) is 13.1 Å². The maximum absolute atomic E-state index is 10.1. The van der Waals surface area contributed by atoms with Gasteiger partial charge in [0.25, 0.3) is 0 Å². The Morgan fingerprint density at radius 2 is 2.19 bits per heavy atom. The summed E-state index contributed by atoms with van der Waals surface area (Å²) < 4.78 is 2.95. The highest BCUT2D eigenvalue weighted by Crippen LogP contribution is 2.22. The molecule has 0 saturated heterocycles. The number of hydrogen-bond acceptors (Lipinski definition) is 5. The molecule has 0 unspecified atom stereocenters. The molecule has 1 aromatic carbocycles. The number of fused-ring (bicyclic) bond motifs is 1. The van der Waals surface area contributed by atoms with Crippen molar-refractivity contribution in [2.24, 2.45) is 0 Å². The second-order valence-electron chi connectivity index (χ2n) is 5.15. The maximum atomic E-state index is 10.1. The normalized spacial score (nSPS) is 13.1. The van der Waals surface area contributed by atoms with Crippen molar-refractivity contribution < 1.29 is 5.11 Å². The van der Waals surface area contributed by atoms with E-state index in [0.717, 1.165) is 17.1 Å². The number of thiazole rings is 1. The zero-order valence-electron chi connectivity index (χ0n) is 11.9. The van der Waals surface area contributed by atoms with Crippen molar-refractivity contribution in [2.75, 3.05) is 13.6 Å². The summed E-state index contributed by atoms with van der Waals surface area (Å²) in [6, 6.07) is 10.0. The van der Waals surface area contributed by atoms with Gasteiger partial charge in [0.05, 0.1) is 29.4 Å². The van der Waals surface area contributed by atoms with Crippen molar-refractivity contribution in [1.29, 1.82) is 0 Å². The molecule has 6 heteroatoms. The lowest BCUT2D eigenvalue weighted by molar-refractivity contribution is 0.104. The van der Waals surface area contributed by atoms with Crippen LogP contribution in [-0.4, -0.2) is 44.5 Å². The maximum Gasteiger partial charge on any atom is 0.108 e. The van der Waals surface area contributed by atoms with Gasteiger partial charge in [-0.05, 0) is 25.2 Å². The quantitative estimate of drug-likeness (QED) is 0.756. The highest BCUT2D eigenvalue weighted by Gasteiger charge is 2.11. The summed E-state index contributed by atoms with van der Waals surface area (Å²) in [7, 11) is 2.00. The van der Waals surface area contributed by atoms with Gasteiger partial charge in [-0.15, -0.1) is 11.3 Å². The van der Waals surface area contributed by atoms with Gasteiger partial charge in [0.1, 0.15) is 5.01 Å². The number of hydrogen-bond donors (Lipinski definition) is 1. The number of aliphatic hydroxyl groups excluding tert-OH is 1. The Morgan fingerprint density at radius 1 is 1.33 bits per heavy atom. The molecular formula is C15H18N4OS. The zero-order valence-corrected chi connectivity index (χ0v) is 12.7. The fourth-order valence-electron chi connectivity index (χ4n) is 2.32. The number of aromatic nitrogens is 3. The lowest BCUT2D eigenvalue weighted by Gasteiger charge is -2.19. The summed E-state index contributed by atoms with van der Waals surface area (Å²) in [5.74, 6) is 0. The smallest absolute Gasteiger partial charge is 0.108 e. The molecule has 2 aromatic heterocycles. The van der Waals surface area contributed by atoms with Crippen LogP contribution in [0.15, 0.2) is 42.7 Å². The third-order valence-corrected chi connectivity index (χ3v) is 4.24. The van der Waals surface area contributed by atoms with Gasteiger partial charge in [-0.1, -0.05) is 12.1 Å². The van der Waals surface area contributed by atoms with E-state index in [-0.39, 0.29) is 0 Å². The first kappa shape index (κ1) is 14.2. The van der Waals surface area contributed by atoms with Gasteiger partial charge in [-0.2, -0.15) is 5.10 Å². The Hall–Kier alpha value is -1.76. The first-order valence-corrected chi connectivity index (χ1v) is 7.71. The second-order valence-corrected chi connectivity index (χ2v) is 6.27. The topological polar surface area (TPSA) is 54.2 Å². The first-order valence-electron chi connectivity index (χ1n) is 6.89. The van der Waals surface area contributed by atoms with Gasteiger partial charge >= 0.3 is 0 Å². The monoisotopic (exact) mass is 302 g/mol. The van der Waals surface area contributed by atoms with Crippen molar-refractivity contribution in [1.82, 2.24) is 19.7 Å². The third kappa shape index (κ3) is 3.66. The number of rotatable bonds is 6. The van der Waals surface area contributed by atoms with Gasteiger partial charge in [-0.25, -0.2) is 4.98 Å². The van der Waals surface area contributed by atoms with E-state index < -0.39 is 6.10 Å². The minimum Gasteiger partial charge on any atom is -0.390 e. The molecule has 5 nitrogen and oxygen atoms in total. The van der Waals surface area contributed by atoms with Crippen molar-refractivity contribution in [3.05, 3.63) is 47.7 Å². The molecule has 0 aliphatic rings. The number of likely N-dealkylation sites (N-methyl/N-ethyl adjacent to an activating group) is 1. The molecular weight excluding hydrogens is 284 g/mol. The summed E-state index contributed by atoms with van der Waals surface area (Å²) in [6.07, 6.45) is 3.14. The zero-order chi connectivity index (χ0) is 14.7. The van der Waals surface area contributed by atoms with Crippen LogP contribution in [0.2, 0.25) is 0 Å². The number of nitrogens with zero attached hydrogens (tertiary/aromatic N) is 4. The van der Waals surface area contributed by atoms with Crippen molar-refractivity contribution in [3.8, 4) is 0 Å². The average Bonchev–Trinajstić information content (AvgIpc) is 3.06. The Balaban J connectivity index is 1.56. The first-order chi connectivity index (χ1) is 10.2. The standard InChI is InChI=1S/C15H18N4OS/c1-18(9-12(20)10-19-8-4-7-16-19)11-15-17-13-5-2-3-6-14(13)21-15/h2-8,12,20H,9-11H2,1H3/t12-/m0/s1. The molecule has 0 fully saturated rings. The minimum atomic E-state index is -0.440. The molecule has 1 N–H and O–H groups in total. The summed E-state index contributed by atoms with van der Waals surface area (Å²) in [6.45, 7) is 1.85. The Morgan fingerprint density at radius 3 is 2.95 bits per heavy atom. The van der Waals surface area contributed by atoms with E-state index in [1.54, 1.807) is 22.2 Å². The molecule has 2 heterocycles. The largest absolute Gasteiger partial charge is 0.390 e. The van der Waals surface area contributed by atoms with Crippen LogP contribution in [0.4, 0.5) is 0 Å². The van der Waals surface area contributed by atoms with Crippen LogP contribution >= 0.6 is 11.3 Å². The van der Waals surface area contributed by atoms with Crippen molar-refractivity contribution in [2.45, 2.75) is 19.2 Å². The van der Waals surface area contributed by atoms with Gasteiger partial charge in [0, 0.05) is 18.9 Å². The lowest BCUT2D eigenvalue weighted by atomic mass is 10.3. The molecule has 0 aliphatic heterocycles. The summed E-state index contributed by atoms with van der Waals surface area (Å²) in [5.41, 5.74) is 1.04. The van der Waals surface area contributed by atoms with E-state index >= 15 is 0 Å². The van der Waals surface area contributed by atoms with Crippen LogP contribution in [0.5, 0.6) is 0 Å². The molecule has 0 radical (unpaired) electrons. The van der Waals surface area contributed by atoms with E-state index in [4.69, 9.17) is 0 Å². The molecule has 1 atom stereocenters. The molecule has 110 valence electrons. The molecule has 0 saturated carbocycles. The van der Waals surface area contributed by atoms with Crippen LogP contribution in [0.1, 0.15) is 5.01 Å². The molecule has 0 spiro atoms. The van der Waals surface area contributed by atoms with Gasteiger partial charge in [-0.3, -0.25) is 9.58 Å². The predicted molar refractivity (Wildman–Crippen MR) is 84.2 cm³/mol. The molecule has 0 amide bonds. The van der Waals surface area contributed by atoms with Crippen molar-refractivity contribution >= 4 is 21.6 Å². The van der Waals surface area contributed by atoms with E-state index in [2.05, 4.69) is 21.0 Å². The highest BCUT2D eigenvalue weighted by atomic mass is 32.1. The van der Waals surface area contributed by atoms with E-state index in [1.807, 2.05) is 37.5 Å². The van der Waals surface area contributed by atoms with Gasteiger partial charge < -0.3 is 5.11 Å². The number of aliphatic hydroxyl groups is 1. The van der Waals surface area contributed by atoms with Crippen LogP contribution < -0.4 is 0 Å². The highest BCUT2D eigenvalue weighted by molar-refractivity contribution is 7.18. The SMILES string of the molecule is CN(Cc1nc2ccccc2s1)C[C@H](O)Cn1cccn1. The van der Waals surface area contributed by atoms with E-state index in [9.17, 15) is 5.11 Å². The minimum absolute atomic E-state index is 0.440. The summed E-state index contributed by atoms with van der Waals surface area (Å²) in [4.78, 5) is 6.70. The predicted octanol–water partition coefficient (Wildman–Crippen LogP) is 1.99. The van der Waals surface area contributed by atoms with Gasteiger partial charge in [0.15, 0.2) is 0 Å². The molecule has 3 aromatic rings. The summed E-state index contributed by atoms with van der Waals surface area (Å²) >= 11 is 1.71. The Labute approximate surface area is 127 Å². The fraction of sp³-hybridized carbons (Fsp3) is 0.333. The van der Waals surface area contributed by atoms with Crippen LogP contribution in [0, 0.1) is 0 Å². The van der Waals surface area contributed by atoms with Crippen LogP contribution in [0.3, 0.4) is 0 Å². The molecule has 0 bridgehead atoms. The number of benzene rings is 1. The van der Waals surface area contributed by atoms with E-state index in [1.165, 1.54) is 4.70 Å². The number of para-hydroxylation sites is 1. The van der Waals surface area contributed by atoms with Crippen molar-refractivity contribution in [3.63, 3.8) is 0 Å². The molecule has 21 heavy (non-hydrogen) atoms. The Bertz CT molecular complexity index is 662. The Kier molecular flexibility index (Phi) is 4.28. The molecule has 3 rings (SSSR count). The lowest BCUT2D eigenvalue weighted by Crippen LogP contribution is -2.31. The summed E-state index contributed by atoms with van der Waals surface area (Å²) in [5, 5.41) is 15.3. The molecule has 0 aliphatic carbocycles. The average molecular weight is 302 g/mol. The second kappa shape index (κ2) is 6.34. The fourth-order valence-corrected chi connectivity index (χ4v) is 3.37. The van der Waals surface area contributed by atoms with E-state index in [0.29, 0.717) is 13.1 Å². The van der Waals surface area contributed by atoms with Gasteiger partial charge in [0.2, 0.25) is 0 Å². The van der Waals surface area contributed by atoms with Crippen LogP contribution in [0.25, 0.3) is 10.2 Å².